The number of hydrogen-bond acceptors (Lipinski definition) is 6. The molecule has 0 aromatic carbocycles. The third-order valence-electron chi connectivity index (χ3n) is 5.38. The maximum Gasteiger partial charge on any atom is 0.320 e. The summed E-state index contributed by atoms with van der Waals surface area (Å²) in [5.74, 6) is -0.500. The first-order valence-electron chi connectivity index (χ1n) is 8.02. The number of likely N-dealkylation sites (tertiary alicyclic amines) is 1. The number of carboxylic acid groups (broad SMARTS) is 1. The SMILES string of the molecule is Cc1noc(C)c1S(=O)(=O)N1CCC2(CC1)CC(C(=O)O)N(C)C2. The van der Waals surface area contributed by atoms with Crippen LogP contribution in [0.25, 0.3) is 0 Å². The smallest absolute Gasteiger partial charge is 0.320 e. The highest BCUT2D eigenvalue weighted by Gasteiger charge is 2.48. The maximum absolute atomic E-state index is 12.9. The lowest BCUT2D eigenvalue weighted by molar-refractivity contribution is -0.141. The minimum Gasteiger partial charge on any atom is -0.480 e. The van der Waals surface area contributed by atoms with E-state index < -0.39 is 22.0 Å². The lowest BCUT2D eigenvalue weighted by Crippen LogP contribution is -2.44. The Morgan fingerprint density at radius 1 is 1.33 bits per heavy atom. The first-order valence-corrected chi connectivity index (χ1v) is 9.46. The Labute approximate surface area is 141 Å². The molecule has 1 N–H and O–H groups in total. The van der Waals surface area contributed by atoms with Crippen LogP contribution in [-0.4, -0.2) is 66.6 Å². The molecule has 3 rings (SSSR count). The van der Waals surface area contributed by atoms with Crippen LogP contribution in [0.3, 0.4) is 0 Å². The average Bonchev–Trinajstić information content (AvgIpc) is 3.00. The summed E-state index contributed by atoms with van der Waals surface area (Å²) in [6.45, 7) is 4.71. The van der Waals surface area contributed by atoms with Gasteiger partial charge >= 0.3 is 5.97 Å². The summed E-state index contributed by atoms with van der Waals surface area (Å²) in [5.41, 5.74) is 0.266. The molecular weight excluding hydrogens is 334 g/mol. The third-order valence-corrected chi connectivity index (χ3v) is 7.52. The molecule has 1 atom stereocenters. The van der Waals surface area contributed by atoms with Gasteiger partial charge in [-0.15, -0.1) is 0 Å². The molecule has 1 unspecified atom stereocenters. The van der Waals surface area contributed by atoms with Crippen LogP contribution in [0.1, 0.15) is 30.7 Å². The zero-order valence-electron chi connectivity index (χ0n) is 14.2. The molecule has 2 aliphatic rings. The van der Waals surface area contributed by atoms with E-state index in [1.165, 1.54) is 4.31 Å². The van der Waals surface area contributed by atoms with Crippen molar-refractivity contribution in [2.45, 2.75) is 44.0 Å². The van der Waals surface area contributed by atoms with Crippen LogP contribution in [0, 0.1) is 19.3 Å². The molecular formula is C15H23N3O5S. The van der Waals surface area contributed by atoms with E-state index in [0.29, 0.717) is 50.4 Å². The van der Waals surface area contributed by atoms with Crippen molar-refractivity contribution in [3.8, 4) is 0 Å². The quantitative estimate of drug-likeness (QED) is 0.855. The molecule has 3 heterocycles. The number of nitrogens with zero attached hydrogens (tertiary/aromatic N) is 3. The number of piperidine rings is 1. The average molecular weight is 357 g/mol. The fourth-order valence-electron chi connectivity index (χ4n) is 4.08. The molecule has 24 heavy (non-hydrogen) atoms. The van der Waals surface area contributed by atoms with E-state index in [1.807, 2.05) is 11.9 Å². The number of aryl methyl sites for hydroxylation is 2. The Morgan fingerprint density at radius 3 is 2.42 bits per heavy atom. The Kier molecular flexibility index (Phi) is 4.21. The van der Waals surface area contributed by atoms with Crippen LogP contribution in [-0.2, 0) is 14.8 Å². The van der Waals surface area contributed by atoms with Crippen LogP contribution in [0.15, 0.2) is 9.42 Å². The maximum atomic E-state index is 12.9. The zero-order chi connectivity index (χ0) is 17.7. The molecule has 2 aliphatic heterocycles. The molecule has 0 saturated carbocycles. The van der Waals surface area contributed by atoms with Gasteiger partial charge in [0, 0.05) is 19.6 Å². The van der Waals surface area contributed by atoms with Crippen molar-refractivity contribution < 1.29 is 22.8 Å². The van der Waals surface area contributed by atoms with Gasteiger partial charge in [-0.3, -0.25) is 9.69 Å². The van der Waals surface area contributed by atoms with Gasteiger partial charge < -0.3 is 9.63 Å². The van der Waals surface area contributed by atoms with Gasteiger partial charge in [-0.25, -0.2) is 8.42 Å². The monoisotopic (exact) mass is 357 g/mol. The highest BCUT2D eigenvalue weighted by Crippen LogP contribution is 2.43. The summed E-state index contributed by atoms with van der Waals surface area (Å²) in [6, 6.07) is -0.476. The van der Waals surface area contributed by atoms with Crippen LogP contribution >= 0.6 is 0 Å². The number of sulfonamides is 1. The van der Waals surface area contributed by atoms with Crippen LogP contribution in [0.5, 0.6) is 0 Å². The topological polar surface area (TPSA) is 104 Å². The normalized spacial score (nSPS) is 25.4. The minimum atomic E-state index is -3.62. The van der Waals surface area contributed by atoms with Gasteiger partial charge in [0.2, 0.25) is 10.0 Å². The van der Waals surface area contributed by atoms with Gasteiger partial charge in [0.25, 0.3) is 0 Å². The second-order valence-electron chi connectivity index (χ2n) is 7.03. The Balaban J connectivity index is 1.75. The number of aromatic nitrogens is 1. The first-order chi connectivity index (χ1) is 11.2. The lowest BCUT2D eigenvalue weighted by Gasteiger charge is -2.38. The Hall–Kier alpha value is -1.45. The van der Waals surface area contributed by atoms with Crippen molar-refractivity contribution in [3.63, 3.8) is 0 Å². The summed E-state index contributed by atoms with van der Waals surface area (Å²) >= 11 is 0. The molecule has 1 spiro atoms. The summed E-state index contributed by atoms with van der Waals surface area (Å²) in [4.78, 5) is 13.3. The van der Waals surface area contributed by atoms with E-state index in [0.717, 1.165) is 0 Å². The highest BCUT2D eigenvalue weighted by atomic mass is 32.2. The Bertz CT molecular complexity index is 730. The minimum absolute atomic E-state index is 0.109. The molecule has 2 saturated heterocycles. The van der Waals surface area contributed by atoms with E-state index in [-0.39, 0.29) is 10.3 Å². The van der Waals surface area contributed by atoms with Crippen molar-refractivity contribution in [2.24, 2.45) is 5.41 Å². The molecule has 1 aromatic heterocycles. The predicted molar refractivity (Wildman–Crippen MR) is 85.1 cm³/mol. The molecule has 0 radical (unpaired) electrons. The number of aliphatic carboxylic acids is 1. The summed E-state index contributed by atoms with van der Waals surface area (Å²) in [6.07, 6.45) is 1.92. The predicted octanol–water partition coefficient (Wildman–Crippen LogP) is 0.851. The molecule has 0 bridgehead atoms. The van der Waals surface area contributed by atoms with Crippen molar-refractivity contribution >= 4 is 16.0 Å². The van der Waals surface area contributed by atoms with Gasteiger partial charge in [-0.2, -0.15) is 4.31 Å². The van der Waals surface area contributed by atoms with Crippen LogP contribution < -0.4 is 0 Å². The van der Waals surface area contributed by atoms with E-state index in [1.54, 1.807) is 13.8 Å². The van der Waals surface area contributed by atoms with Gasteiger partial charge in [0.05, 0.1) is 0 Å². The van der Waals surface area contributed by atoms with Gasteiger partial charge in [0.1, 0.15) is 16.6 Å². The number of rotatable bonds is 3. The van der Waals surface area contributed by atoms with Crippen molar-refractivity contribution in [1.29, 1.82) is 0 Å². The molecule has 2 fully saturated rings. The number of carboxylic acids is 1. The molecule has 9 heteroatoms. The van der Waals surface area contributed by atoms with Crippen molar-refractivity contribution in [2.75, 3.05) is 26.7 Å². The van der Waals surface area contributed by atoms with Gasteiger partial charge in [0.15, 0.2) is 5.76 Å². The highest BCUT2D eigenvalue weighted by molar-refractivity contribution is 7.89. The zero-order valence-corrected chi connectivity index (χ0v) is 15.0. The molecule has 8 nitrogen and oxygen atoms in total. The lowest BCUT2D eigenvalue weighted by atomic mass is 9.77. The molecule has 1 aromatic rings. The Morgan fingerprint density at radius 2 is 1.96 bits per heavy atom. The number of likely N-dealkylation sites (N-methyl/N-ethyl adjacent to an activating group) is 1. The van der Waals surface area contributed by atoms with Gasteiger partial charge in [-0.1, -0.05) is 5.16 Å². The van der Waals surface area contributed by atoms with Crippen LogP contribution in [0.4, 0.5) is 0 Å². The van der Waals surface area contributed by atoms with Crippen LogP contribution in [0.2, 0.25) is 0 Å². The molecule has 0 aliphatic carbocycles. The van der Waals surface area contributed by atoms with Crippen molar-refractivity contribution in [3.05, 3.63) is 11.5 Å². The van der Waals surface area contributed by atoms with Gasteiger partial charge in [-0.05, 0) is 45.6 Å². The largest absolute Gasteiger partial charge is 0.480 e. The first kappa shape index (κ1) is 17.4. The summed E-state index contributed by atoms with van der Waals surface area (Å²) in [5, 5.41) is 13.0. The standard InChI is InChI=1S/C15H23N3O5S/c1-10-13(11(2)23-16-10)24(21,22)18-6-4-15(5-7-18)8-12(14(19)20)17(3)9-15/h12H,4-9H2,1-3H3,(H,19,20). The van der Waals surface area contributed by atoms with E-state index in [2.05, 4.69) is 5.16 Å². The van der Waals surface area contributed by atoms with E-state index >= 15 is 0 Å². The third kappa shape index (κ3) is 2.74. The van der Waals surface area contributed by atoms with E-state index in [4.69, 9.17) is 4.52 Å². The second kappa shape index (κ2) is 5.82. The van der Waals surface area contributed by atoms with E-state index in [9.17, 15) is 18.3 Å². The second-order valence-corrected chi connectivity index (χ2v) is 8.91. The summed E-state index contributed by atoms with van der Waals surface area (Å²) in [7, 11) is -1.80. The molecule has 134 valence electrons. The number of carbonyl (C=O) groups is 1. The van der Waals surface area contributed by atoms with Crippen molar-refractivity contribution in [1.82, 2.24) is 14.4 Å². The molecule has 0 amide bonds. The fraction of sp³-hybridized carbons (Fsp3) is 0.733. The summed E-state index contributed by atoms with van der Waals surface area (Å²) < 4.78 is 32.2. The number of hydrogen-bond donors (Lipinski definition) is 1. The fourth-order valence-corrected chi connectivity index (χ4v) is 5.81.